The van der Waals surface area contributed by atoms with Crippen molar-refractivity contribution in [1.29, 1.82) is 0 Å². The lowest BCUT2D eigenvalue weighted by molar-refractivity contribution is -0.0105. The summed E-state index contributed by atoms with van der Waals surface area (Å²) in [5.41, 5.74) is 9.49. The van der Waals surface area contributed by atoms with E-state index in [-0.39, 0.29) is 6.04 Å². The van der Waals surface area contributed by atoms with E-state index >= 15 is 0 Å². The zero-order valence-electron chi connectivity index (χ0n) is 8.06. The minimum atomic E-state index is 0.0842. The van der Waals surface area contributed by atoms with Gasteiger partial charge >= 0.3 is 5.71 Å². The SMILES string of the molecule is CSC1=CC(=[N+]=[N-])C(N(C)C)C=C1. The second-order valence-corrected chi connectivity index (χ2v) is 3.92. The maximum Gasteiger partial charge on any atom is 0.313 e. The molecule has 0 radical (unpaired) electrons. The van der Waals surface area contributed by atoms with Gasteiger partial charge in [-0.3, -0.25) is 4.90 Å². The van der Waals surface area contributed by atoms with Crippen LogP contribution in [0.3, 0.4) is 0 Å². The van der Waals surface area contributed by atoms with E-state index in [1.165, 1.54) is 0 Å². The zero-order chi connectivity index (χ0) is 9.84. The Morgan fingerprint density at radius 2 is 2.23 bits per heavy atom. The van der Waals surface area contributed by atoms with Crippen LogP contribution in [-0.2, 0) is 0 Å². The Hall–Kier alpha value is -0.830. The van der Waals surface area contributed by atoms with Crippen molar-refractivity contribution in [3.63, 3.8) is 0 Å². The molecule has 0 N–H and O–H groups in total. The monoisotopic (exact) mass is 195 g/mol. The Morgan fingerprint density at radius 1 is 1.54 bits per heavy atom. The molecule has 3 nitrogen and oxygen atoms in total. The molecule has 0 aliphatic heterocycles. The van der Waals surface area contributed by atoms with Crippen molar-refractivity contribution in [2.45, 2.75) is 6.04 Å². The summed E-state index contributed by atoms with van der Waals surface area (Å²) in [6, 6.07) is 0.0842. The summed E-state index contributed by atoms with van der Waals surface area (Å²) < 4.78 is 0. The third kappa shape index (κ3) is 2.31. The Labute approximate surface area is 82.7 Å². The van der Waals surface area contributed by atoms with E-state index < -0.39 is 0 Å². The lowest BCUT2D eigenvalue weighted by Gasteiger charge is -2.18. The third-order valence-corrected chi connectivity index (χ3v) is 2.67. The highest BCUT2D eigenvalue weighted by Gasteiger charge is 2.24. The molecule has 1 aliphatic rings. The first-order valence-electron chi connectivity index (χ1n) is 4.01. The average molecular weight is 195 g/mol. The predicted octanol–water partition coefficient (Wildman–Crippen LogP) is 1.40. The molecular weight excluding hydrogens is 182 g/mol. The number of hydrogen-bond acceptors (Lipinski definition) is 2. The Balaban J connectivity index is 2.94. The third-order valence-electron chi connectivity index (χ3n) is 1.94. The molecule has 1 aliphatic carbocycles. The second-order valence-electron chi connectivity index (χ2n) is 3.04. The molecule has 0 saturated carbocycles. The first kappa shape index (κ1) is 10.3. The van der Waals surface area contributed by atoms with E-state index in [4.69, 9.17) is 5.53 Å². The zero-order valence-corrected chi connectivity index (χ0v) is 8.88. The van der Waals surface area contributed by atoms with Crippen LogP contribution in [-0.4, -0.2) is 41.8 Å². The van der Waals surface area contributed by atoms with Crippen LogP contribution in [0.15, 0.2) is 23.1 Å². The van der Waals surface area contributed by atoms with Crippen molar-refractivity contribution in [2.24, 2.45) is 0 Å². The van der Waals surface area contributed by atoms with Crippen molar-refractivity contribution in [3.05, 3.63) is 28.7 Å². The van der Waals surface area contributed by atoms with Gasteiger partial charge in [0.15, 0.2) is 0 Å². The van der Waals surface area contributed by atoms with Gasteiger partial charge < -0.3 is 5.53 Å². The number of allylic oxidation sites excluding steroid dienone is 1. The maximum atomic E-state index is 8.80. The molecule has 1 unspecified atom stereocenters. The highest BCUT2D eigenvalue weighted by molar-refractivity contribution is 8.02. The minimum Gasteiger partial charge on any atom is -0.361 e. The van der Waals surface area contributed by atoms with Gasteiger partial charge in [0.25, 0.3) is 0 Å². The first-order chi connectivity index (χ1) is 6.19. The smallest absolute Gasteiger partial charge is 0.313 e. The molecule has 0 fully saturated rings. The predicted molar refractivity (Wildman–Crippen MR) is 56.8 cm³/mol. The maximum absolute atomic E-state index is 8.80. The minimum absolute atomic E-state index is 0.0842. The van der Waals surface area contributed by atoms with Crippen molar-refractivity contribution >= 4 is 17.5 Å². The van der Waals surface area contributed by atoms with Crippen LogP contribution in [0.2, 0.25) is 0 Å². The van der Waals surface area contributed by atoms with E-state index in [9.17, 15) is 0 Å². The standard InChI is InChI=1S/C9H13N3S/c1-12(2)9-5-4-7(13-3)6-8(9)11-10/h4-6,9H,1-3H3. The Morgan fingerprint density at radius 3 is 2.69 bits per heavy atom. The van der Waals surface area contributed by atoms with Gasteiger partial charge in [-0.2, -0.15) is 4.79 Å². The van der Waals surface area contributed by atoms with Gasteiger partial charge in [0.05, 0.1) is 0 Å². The van der Waals surface area contributed by atoms with E-state index in [1.54, 1.807) is 11.8 Å². The van der Waals surface area contributed by atoms with Gasteiger partial charge in [0.1, 0.15) is 6.04 Å². The van der Waals surface area contributed by atoms with Crippen LogP contribution in [0.5, 0.6) is 0 Å². The van der Waals surface area contributed by atoms with Crippen LogP contribution < -0.4 is 0 Å². The van der Waals surface area contributed by atoms with E-state index in [2.05, 4.69) is 4.79 Å². The van der Waals surface area contributed by atoms with Crippen molar-refractivity contribution < 1.29 is 4.79 Å². The Kier molecular flexibility index (Phi) is 3.48. The van der Waals surface area contributed by atoms with Crippen LogP contribution in [0.1, 0.15) is 0 Å². The lowest BCUT2D eigenvalue weighted by atomic mass is 10.1. The highest BCUT2D eigenvalue weighted by Crippen LogP contribution is 2.19. The van der Waals surface area contributed by atoms with E-state index in [0.29, 0.717) is 5.71 Å². The number of nitrogens with zero attached hydrogens (tertiary/aromatic N) is 3. The van der Waals surface area contributed by atoms with Crippen LogP contribution >= 0.6 is 11.8 Å². The molecule has 0 amide bonds. The van der Waals surface area contributed by atoms with Gasteiger partial charge in [0.2, 0.25) is 0 Å². The Bertz CT molecular complexity index is 298. The second kappa shape index (κ2) is 4.42. The summed E-state index contributed by atoms with van der Waals surface area (Å²) in [7, 11) is 3.91. The largest absolute Gasteiger partial charge is 0.361 e. The number of hydrogen-bond donors (Lipinski definition) is 0. The molecule has 13 heavy (non-hydrogen) atoms. The topological polar surface area (TPSA) is 39.6 Å². The van der Waals surface area contributed by atoms with Crippen molar-refractivity contribution in [2.75, 3.05) is 20.4 Å². The molecule has 4 heteroatoms. The number of likely N-dealkylation sites (N-methyl/N-ethyl adjacent to an activating group) is 1. The van der Waals surface area contributed by atoms with E-state index in [0.717, 1.165) is 4.91 Å². The summed E-state index contributed by atoms with van der Waals surface area (Å²) >= 11 is 1.64. The van der Waals surface area contributed by atoms with Gasteiger partial charge in [0, 0.05) is 11.0 Å². The normalized spacial score (nSPS) is 21.7. The summed E-state index contributed by atoms with van der Waals surface area (Å²) in [6.45, 7) is 0. The first-order valence-corrected chi connectivity index (χ1v) is 5.23. The molecule has 0 saturated heterocycles. The fourth-order valence-corrected chi connectivity index (χ4v) is 1.67. The van der Waals surface area contributed by atoms with Gasteiger partial charge in [-0.05, 0) is 20.4 Å². The van der Waals surface area contributed by atoms with Crippen LogP contribution in [0.25, 0.3) is 5.53 Å². The molecule has 0 aromatic rings. The van der Waals surface area contributed by atoms with Crippen LogP contribution in [0.4, 0.5) is 0 Å². The molecular formula is C9H13N3S. The molecule has 70 valence electrons. The summed E-state index contributed by atoms with van der Waals surface area (Å²) in [6.07, 6.45) is 7.97. The number of rotatable bonds is 2. The molecule has 0 aromatic heterocycles. The fourth-order valence-electron chi connectivity index (χ4n) is 1.22. The quantitative estimate of drug-likeness (QED) is 0.493. The summed E-state index contributed by atoms with van der Waals surface area (Å²) in [5, 5.41) is 0. The van der Waals surface area contributed by atoms with Gasteiger partial charge in [-0.15, -0.1) is 11.8 Å². The van der Waals surface area contributed by atoms with E-state index in [1.807, 2.05) is 43.5 Å². The number of thioether (sulfide) groups is 1. The molecule has 0 spiro atoms. The molecule has 1 rings (SSSR count). The molecule has 0 aromatic carbocycles. The van der Waals surface area contributed by atoms with Crippen molar-refractivity contribution in [1.82, 2.24) is 4.90 Å². The summed E-state index contributed by atoms with van der Waals surface area (Å²) in [5.74, 6) is 0. The lowest BCUT2D eigenvalue weighted by Crippen LogP contribution is -2.35. The van der Waals surface area contributed by atoms with Crippen LogP contribution in [0, 0.1) is 0 Å². The molecule has 0 bridgehead atoms. The highest BCUT2D eigenvalue weighted by atomic mass is 32.2. The van der Waals surface area contributed by atoms with Gasteiger partial charge in [-0.1, -0.05) is 12.2 Å². The molecule has 1 atom stereocenters. The fraction of sp³-hybridized carbons (Fsp3) is 0.444. The summed E-state index contributed by atoms with van der Waals surface area (Å²) in [4.78, 5) is 6.40. The van der Waals surface area contributed by atoms with Gasteiger partial charge in [-0.25, -0.2) is 0 Å². The molecule has 0 heterocycles. The van der Waals surface area contributed by atoms with Crippen molar-refractivity contribution in [3.8, 4) is 0 Å². The average Bonchev–Trinajstić information content (AvgIpc) is 2.16.